The Balaban J connectivity index is 2.39. The van der Waals surface area contributed by atoms with Crippen molar-refractivity contribution in [3.8, 4) is 0 Å². The molecular weight excluding hydrogens is 216 g/mol. The van der Waals surface area contributed by atoms with Gasteiger partial charge < -0.3 is 15.4 Å². The van der Waals surface area contributed by atoms with Gasteiger partial charge in [0.05, 0.1) is 6.61 Å². The molecule has 1 amide bonds. The summed E-state index contributed by atoms with van der Waals surface area (Å²) < 4.78 is 5.55. The molecule has 0 saturated carbocycles. The molecule has 2 N–H and O–H groups in total. The first kappa shape index (κ1) is 14.5. The van der Waals surface area contributed by atoms with Crippen LogP contribution in [0, 0.1) is 0 Å². The molecule has 4 heteroatoms. The Hall–Kier alpha value is -0.610. The van der Waals surface area contributed by atoms with E-state index >= 15 is 0 Å². The summed E-state index contributed by atoms with van der Waals surface area (Å²) >= 11 is 0. The maximum atomic E-state index is 12.1. The van der Waals surface area contributed by atoms with E-state index in [0.29, 0.717) is 6.61 Å². The van der Waals surface area contributed by atoms with E-state index in [9.17, 15) is 4.79 Å². The summed E-state index contributed by atoms with van der Waals surface area (Å²) in [6.45, 7) is 7.77. The van der Waals surface area contributed by atoms with Gasteiger partial charge in [0.1, 0.15) is 6.10 Å². The second kappa shape index (κ2) is 6.36. The highest BCUT2D eigenvalue weighted by molar-refractivity contribution is 5.80. The van der Waals surface area contributed by atoms with Crippen molar-refractivity contribution in [2.24, 2.45) is 5.73 Å². The van der Waals surface area contributed by atoms with Crippen molar-refractivity contribution in [2.45, 2.75) is 58.1 Å². The molecule has 1 fully saturated rings. The van der Waals surface area contributed by atoms with E-state index in [0.717, 1.165) is 25.9 Å². The average molecular weight is 242 g/mol. The molecule has 4 nitrogen and oxygen atoms in total. The smallest absolute Gasteiger partial charge is 0.251 e. The topological polar surface area (TPSA) is 55.6 Å². The van der Waals surface area contributed by atoms with Gasteiger partial charge in [0, 0.05) is 18.6 Å². The molecule has 0 radical (unpaired) electrons. The fourth-order valence-corrected chi connectivity index (χ4v) is 1.96. The SMILES string of the molecule is CC(OCC(C)(C)N)C(=O)N1CCCCCC1. The first-order valence-electron chi connectivity index (χ1n) is 6.59. The van der Waals surface area contributed by atoms with Crippen LogP contribution in [0.4, 0.5) is 0 Å². The van der Waals surface area contributed by atoms with Gasteiger partial charge in [-0.15, -0.1) is 0 Å². The van der Waals surface area contributed by atoms with E-state index in [1.54, 1.807) is 0 Å². The molecule has 0 spiro atoms. The van der Waals surface area contributed by atoms with Gasteiger partial charge in [0.25, 0.3) is 5.91 Å². The largest absolute Gasteiger partial charge is 0.367 e. The first-order chi connectivity index (χ1) is 7.90. The lowest BCUT2D eigenvalue weighted by Crippen LogP contribution is -2.44. The molecule has 1 atom stereocenters. The number of likely N-dealkylation sites (tertiary alicyclic amines) is 1. The number of hydrogen-bond acceptors (Lipinski definition) is 3. The van der Waals surface area contributed by atoms with E-state index < -0.39 is 0 Å². The number of carbonyl (C=O) groups excluding carboxylic acids is 1. The average Bonchev–Trinajstić information content (AvgIpc) is 2.52. The zero-order valence-corrected chi connectivity index (χ0v) is 11.4. The van der Waals surface area contributed by atoms with Gasteiger partial charge in [-0.25, -0.2) is 0 Å². The number of carbonyl (C=O) groups is 1. The molecule has 0 aromatic carbocycles. The van der Waals surface area contributed by atoms with Crippen LogP contribution in [0.1, 0.15) is 46.5 Å². The van der Waals surface area contributed by atoms with E-state index in [2.05, 4.69) is 0 Å². The first-order valence-corrected chi connectivity index (χ1v) is 6.59. The van der Waals surface area contributed by atoms with Crippen LogP contribution in [0.5, 0.6) is 0 Å². The zero-order valence-electron chi connectivity index (χ0n) is 11.4. The second-order valence-corrected chi connectivity index (χ2v) is 5.68. The lowest BCUT2D eigenvalue weighted by Gasteiger charge is -2.26. The summed E-state index contributed by atoms with van der Waals surface area (Å²) in [6, 6.07) is 0. The molecule has 1 saturated heterocycles. The predicted octanol–water partition coefficient (Wildman–Crippen LogP) is 1.53. The number of ether oxygens (including phenoxy) is 1. The quantitative estimate of drug-likeness (QED) is 0.813. The lowest BCUT2D eigenvalue weighted by molar-refractivity contribution is -0.143. The molecule has 0 aromatic heterocycles. The van der Waals surface area contributed by atoms with E-state index in [4.69, 9.17) is 10.5 Å². The van der Waals surface area contributed by atoms with Crippen molar-refractivity contribution >= 4 is 5.91 Å². The number of hydrogen-bond donors (Lipinski definition) is 1. The minimum absolute atomic E-state index is 0.108. The third-order valence-corrected chi connectivity index (χ3v) is 2.97. The molecule has 1 rings (SSSR count). The van der Waals surface area contributed by atoms with Crippen LogP contribution in [0.3, 0.4) is 0 Å². The Kier molecular flexibility index (Phi) is 5.40. The highest BCUT2D eigenvalue weighted by Gasteiger charge is 2.23. The summed E-state index contributed by atoms with van der Waals surface area (Å²) in [7, 11) is 0. The molecule has 0 aliphatic carbocycles. The summed E-state index contributed by atoms with van der Waals surface area (Å²) in [5, 5.41) is 0. The van der Waals surface area contributed by atoms with Crippen LogP contribution < -0.4 is 5.73 Å². The van der Waals surface area contributed by atoms with Crippen LogP contribution >= 0.6 is 0 Å². The lowest BCUT2D eigenvalue weighted by atomic mass is 10.1. The van der Waals surface area contributed by atoms with E-state index in [1.807, 2.05) is 25.7 Å². The fraction of sp³-hybridized carbons (Fsp3) is 0.923. The Bertz CT molecular complexity index is 240. The molecule has 0 aromatic rings. The van der Waals surface area contributed by atoms with Crippen molar-refractivity contribution in [1.82, 2.24) is 4.90 Å². The highest BCUT2D eigenvalue weighted by atomic mass is 16.5. The van der Waals surface area contributed by atoms with Crippen molar-refractivity contribution in [1.29, 1.82) is 0 Å². The predicted molar refractivity (Wildman–Crippen MR) is 68.7 cm³/mol. The Morgan fingerprint density at radius 3 is 2.29 bits per heavy atom. The van der Waals surface area contributed by atoms with Crippen LogP contribution in [0.25, 0.3) is 0 Å². The van der Waals surface area contributed by atoms with Crippen LogP contribution in [-0.4, -0.2) is 42.1 Å². The van der Waals surface area contributed by atoms with Crippen LogP contribution in [0.2, 0.25) is 0 Å². The van der Waals surface area contributed by atoms with Crippen molar-refractivity contribution in [3.05, 3.63) is 0 Å². The monoisotopic (exact) mass is 242 g/mol. The molecule has 1 heterocycles. The van der Waals surface area contributed by atoms with E-state index in [1.165, 1.54) is 12.8 Å². The van der Waals surface area contributed by atoms with Gasteiger partial charge in [-0.05, 0) is 33.6 Å². The third kappa shape index (κ3) is 5.50. The van der Waals surface area contributed by atoms with Gasteiger partial charge in [-0.2, -0.15) is 0 Å². The molecular formula is C13H26N2O2. The van der Waals surface area contributed by atoms with Gasteiger partial charge in [0.15, 0.2) is 0 Å². The summed E-state index contributed by atoms with van der Waals surface area (Å²) in [5.41, 5.74) is 5.46. The summed E-state index contributed by atoms with van der Waals surface area (Å²) in [5.74, 6) is 0.108. The third-order valence-electron chi connectivity index (χ3n) is 2.97. The number of amides is 1. The minimum atomic E-state index is -0.382. The van der Waals surface area contributed by atoms with Gasteiger partial charge in [0.2, 0.25) is 0 Å². The Labute approximate surface area is 104 Å². The van der Waals surface area contributed by atoms with Gasteiger partial charge >= 0.3 is 0 Å². The van der Waals surface area contributed by atoms with Gasteiger partial charge in [-0.3, -0.25) is 4.79 Å². The Morgan fingerprint density at radius 1 is 1.29 bits per heavy atom. The molecule has 0 bridgehead atoms. The molecule has 1 aliphatic rings. The number of rotatable bonds is 4. The van der Waals surface area contributed by atoms with Crippen LogP contribution in [-0.2, 0) is 9.53 Å². The summed E-state index contributed by atoms with van der Waals surface area (Å²) in [6.07, 6.45) is 4.31. The number of nitrogens with zero attached hydrogens (tertiary/aromatic N) is 1. The highest BCUT2D eigenvalue weighted by Crippen LogP contribution is 2.12. The summed E-state index contributed by atoms with van der Waals surface area (Å²) in [4.78, 5) is 14.1. The Morgan fingerprint density at radius 2 is 1.82 bits per heavy atom. The van der Waals surface area contributed by atoms with E-state index in [-0.39, 0.29) is 17.6 Å². The van der Waals surface area contributed by atoms with Crippen molar-refractivity contribution in [3.63, 3.8) is 0 Å². The molecule has 1 aliphatic heterocycles. The maximum absolute atomic E-state index is 12.1. The number of nitrogens with two attached hydrogens (primary N) is 1. The fourth-order valence-electron chi connectivity index (χ4n) is 1.96. The zero-order chi connectivity index (χ0) is 12.9. The maximum Gasteiger partial charge on any atom is 0.251 e. The van der Waals surface area contributed by atoms with Crippen LogP contribution in [0.15, 0.2) is 0 Å². The van der Waals surface area contributed by atoms with Crippen molar-refractivity contribution in [2.75, 3.05) is 19.7 Å². The minimum Gasteiger partial charge on any atom is -0.367 e. The van der Waals surface area contributed by atoms with Crippen molar-refractivity contribution < 1.29 is 9.53 Å². The molecule has 17 heavy (non-hydrogen) atoms. The standard InChI is InChI=1S/C13H26N2O2/c1-11(17-10-13(2,3)14)12(16)15-8-6-4-5-7-9-15/h11H,4-10,14H2,1-3H3. The normalized spacial score (nSPS) is 19.9. The second-order valence-electron chi connectivity index (χ2n) is 5.68. The van der Waals surface area contributed by atoms with Gasteiger partial charge in [-0.1, -0.05) is 12.8 Å². The molecule has 100 valence electrons. The molecule has 1 unspecified atom stereocenters.